The zero-order valence-electron chi connectivity index (χ0n) is 18.2. The second-order valence-corrected chi connectivity index (χ2v) is 9.32. The first-order valence-corrected chi connectivity index (χ1v) is 11.6. The van der Waals surface area contributed by atoms with Gasteiger partial charge in [0.2, 0.25) is 0 Å². The zero-order chi connectivity index (χ0) is 22.3. The number of benzene rings is 3. The predicted octanol–water partition coefficient (Wildman–Crippen LogP) is 8.18. The van der Waals surface area contributed by atoms with Gasteiger partial charge in [-0.15, -0.1) is 0 Å². The summed E-state index contributed by atoms with van der Waals surface area (Å²) in [4.78, 5) is 0. The van der Waals surface area contributed by atoms with Crippen LogP contribution in [0, 0.1) is 0 Å². The van der Waals surface area contributed by atoms with Gasteiger partial charge < -0.3 is 14.2 Å². The maximum absolute atomic E-state index is 6.48. The Morgan fingerprint density at radius 2 is 1.68 bits per heavy atom. The average Bonchev–Trinajstić information content (AvgIpc) is 2.74. The molecule has 0 heterocycles. The topological polar surface area (TPSA) is 27.7 Å². The van der Waals surface area contributed by atoms with Crippen molar-refractivity contribution in [1.82, 2.24) is 0 Å². The molecule has 0 radical (unpaired) electrons. The molecule has 0 unspecified atom stereocenters. The second kappa shape index (κ2) is 11.0. The molecule has 0 saturated carbocycles. The van der Waals surface area contributed by atoms with Crippen LogP contribution in [0.25, 0.3) is 0 Å². The lowest BCUT2D eigenvalue weighted by Gasteiger charge is -2.26. The van der Waals surface area contributed by atoms with Crippen LogP contribution >= 0.6 is 27.5 Å². The van der Waals surface area contributed by atoms with Crippen molar-refractivity contribution in [3.63, 3.8) is 0 Å². The van der Waals surface area contributed by atoms with Crippen LogP contribution in [0.2, 0.25) is 5.02 Å². The molecule has 164 valence electrons. The first-order valence-electron chi connectivity index (χ1n) is 10.4. The van der Waals surface area contributed by atoms with E-state index in [2.05, 4.69) is 42.8 Å². The Hall–Kier alpha value is -2.01. The quantitative estimate of drug-likeness (QED) is 0.279. The van der Waals surface area contributed by atoms with Crippen molar-refractivity contribution in [3.05, 3.63) is 87.4 Å². The molecule has 0 aliphatic heterocycles. The van der Waals surface area contributed by atoms with E-state index >= 15 is 0 Å². The molecule has 0 N–H and O–H groups in total. The summed E-state index contributed by atoms with van der Waals surface area (Å²) >= 11 is 10.1. The van der Waals surface area contributed by atoms with Crippen molar-refractivity contribution in [2.45, 2.75) is 39.2 Å². The van der Waals surface area contributed by atoms with E-state index in [-0.39, 0.29) is 5.41 Å². The maximum atomic E-state index is 6.48. The van der Waals surface area contributed by atoms with Crippen molar-refractivity contribution >= 4 is 27.5 Å². The highest BCUT2D eigenvalue weighted by Gasteiger charge is 2.24. The lowest BCUT2D eigenvalue weighted by Crippen LogP contribution is -2.24. The summed E-state index contributed by atoms with van der Waals surface area (Å²) in [5.74, 6) is 2.31. The number of para-hydroxylation sites is 1. The van der Waals surface area contributed by atoms with Crippen molar-refractivity contribution in [2.24, 2.45) is 0 Å². The van der Waals surface area contributed by atoms with Crippen molar-refractivity contribution in [1.29, 1.82) is 0 Å². The second-order valence-electron chi connectivity index (χ2n) is 8.06. The molecule has 0 atom stereocenters. The van der Waals surface area contributed by atoms with Gasteiger partial charge in [-0.1, -0.05) is 62.7 Å². The SMILES string of the molecule is CCCOc1c(Cl)cc(C(C)(C)COCc2cccc(Oc3ccccc3)c2)cc1Br. The van der Waals surface area contributed by atoms with Crippen molar-refractivity contribution in [2.75, 3.05) is 13.2 Å². The van der Waals surface area contributed by atoms with Crippen LogP contribution < -0.4 is 9.47 Å². The van der Waals surface area contributed by atoms with E-state index in [1.165, 1.54) is 0 Å². The fourth-order valence-corrected chi connectivity index (χ4v) is 4.09. The molecular weight excluding hydrogens is 476 g/mol. The third kappa shape index (κ3) is 6.73. The van der Waals surface area contributed by atoms with Gasteiger partial charge in [-0.2, -0.15) is 0 Å². The molecule has 0 saturated heterocycles. The standard InChI is InChI=1S/C26H28BrClO3/c1-4-13-30-25-23(27)15-20(16-24(25)28)26(2,3)18-29-17-19-9-8-12-22(14-19)31-21-10-6-5-7-11-21/h5-12,14-16H,4,13,17-18H2,1-3H3. The number of rotatable bonds is 10. The summed E-state index contributed by atoms with van der Waals surface area (Å²) in [5.41, 5.74) is 1.94. The largest absolute Gasteiger partial charge is 0.491 e. The molecule has 0 aliphatic carbocycles. The Morgan fingerprint density at radius 3 is 2.39 bits per heavy atom. The summed E-state index contributed by atoms with van der Waals surface area (Å²) < 4.78 is 18.6. The normalized spacial score (nSPS) is 11.4. The summed E-state index contributed by atoms with van der Waals surface area (Å²) in [6.07, 6.45) is 0.932. The monoisotopic (exact) mass is 502 g/mol. The Bertz CT molecular complexity index is 966. The fourth-order valence-electron chi connectivity index (χ4n) is 3.12. The highest BCUT2D eigenvalue weighted by molar-refractivity contribution is 9.10. The molecule has 0 aliphatic rings. The average molecular weight is 504 g/mol. The minimum Gasteiger partial charge on any atom is -0.491 e. The molecule has 5 heteroatoms. The highest BCUT2D eigenvalue weighted by Crippen LogP contribution is 2.38. The van der Waals surface area contributed by atoms with E-state index < -0.39 is 0 Å². The Labute approximate surface area is 198 Å². The Balaban J connectivity index is 1.61. The summed E-state index contributed by atoms with van der Waals surface area (Å²) in [7, 11) is 0. The number of hydrogen-bond acceptors (Lipinski definition) is 3. The van der Waals surface area contributed by atoms with E-state index in [0.717, 1.165) is 33.5 Å². The van der Waals surface area contributed by atoms with E-state index in [1.54, 1.807) is 0 Å². The summed E-state index contributed by atoms with van der Waals surface area (Å²) in [5, 5.41) is 0.608. The zero-order valence-corrected chi connectivity index (χ0v) is 20.5. The molecule has 31 heavy (non-hydrogen) atoms. The van der Waals surface area contributed by atoms with Crippen molar-refractivity contribution < 1.29 is 14.2 Å². The Kier molecular flexibility index (Phi) is 8.42. The van der Waals surface area contributed by atoms with Gasteiger partial charge in [-0.25, -0.2) is 0 Å². The maximum Gasteiger partial charge on any atom is 0.152 e. The molecule has 0 aromatic heterocycles. The third-order valence-electron chi connectivity index (χ3n) is 4.84. The van der Waals surface area contributed by atoms with Crippen LogP contribution in [0.5, 0.6) is 17.2 Å². The lowest BCUT2D eigenvalue weighted by molar-refractivity contribution is 0.0823. The van der Waals surface area contributed by atoms with E-state index in [0.29, 0.717) is 30.6 Å². The van der Waals surface area contributed by atoms with Crippen molar-refractivity contribution in [3.8, 4) is 17.2 Å². The molecule has 3 rings (SSSR count). The van der Waals surface area contributed by atoms with Crippen LogP contribution in [-0.4, -0.2) is 13.2 Å². The molecule has 0 spiro atoms. The van der Waals surface area contributed by atoms with Gasteiger partial charge in [0.25, 0.3) is 0 Å². The van der Waals surface area contributed by atoms with Crippen LogP contribution in [-0.2, 0) is 16.8 Å². The molecule has 3 nitrogen and oxygen atoms in total. The first kappa shape index (κ1) is 23.6. The van der Waals surface area contributed by atoms with Gasteiger partial charge in [-0.3, -0.25) is 0 Å². The smallest absolute Gasteiger partial charge is 0.152 e. The third-order valence-corrected chi connectivity index (χ3v) is 5.71. The molecular formula is C26H28BrClO3. The first-order chi connectivity index (χ1) is 14.9. The molecule has 0 fully saturated rings. The van der Waals surface area contributed by atoms with Gasteiger partial charge in [0, 0.05) is 5.41 Å². The van der Waals surface area contributed by atoms with Gasteiger partial charge in [0.15, 0.2) is 5.75 Å². The van der Waals surface area contributed by atoms with E-state index in [9.17, 15) is 0 Å². The van der Waals surface area contributed by atoms with E-state index in [4.69, 9.17) is 25.8 Å². The van der Waals surface area contributed by atoms with Crippen LogP contribution in [0.1, 0.15) is 38.3 Å². The lowest BCUT2D eigenvalue weighted by atomic mass is 9.85. The van der Waals surface area contributed by atoms with Gasteiger partial charge >= 0.3 is 0 Å². The number of halogens is 2. The Morgan fingerprint density at radius 1 is 0.935 bits per heavy atom. The predicted molar refractivity (Wildman–Crippen MR) is 131 cm³/mol. The van der Waals surface area contributed by atoms with Gasteiger partial charge in [0.05, 0.1) is 29.3 Å². The molecule has 0 amide bonds. The number of ether oxygens (including phenoxy) is 3. The van der Waals surface area contributed by atoms with Crippen LogP contribution in [0.3, 0.4) is 0 Å². The summed E-state index contributed by atoms with van der Waals surface area (Å²) in [6.45, 7) is 8.05. The van der Waals surface area contributed by atoms with Crippen LogP contribution in [0.4, 0.5) is 0 Å². The highest BCUT2D eigenvalue weighted by atomic mass is 79.9. The fraction of sp³-hybridized carbons (Fsp3) is 0.308. The summed E-state index contributed by atoms with van der Waals surface area (Å²) in [6, 6.07) is 21.8. The minimum atomic E-state index is -0.215. The van der Waals surface area contributed by atoms with Crippen LogP contribution in [0.15, 0.2) is 71.2 Å². The van der Waals surface area contributed by atoms with E-state index in [1.807, 2.05) is 60.7 Å². The van der Waals surface area contributed by atoms with Gasteiger partial charge in [0.1, 0.15) is 11.5 Å². The minimum absolute atomic E-state index is 0.215. The molecule has 0 bridgehead atoms. The van der Waals surface area contributed by atoms with Gasteiger partial charge in [-0.05, 0) is 69.9 Å². The molecule has 3 aromatic rings. The molecule has 3 aromatic carbocycles. The number of hydrogen-bond donors (Lipinski definition) is 0.